The number of aromatic nitrogens is 1. The molecule has 1 saturated heterocycles. The Morgan fingerprint density at radius 3 is 2.95 bits per heavy atom. The number of oxazole rings is 1. The van der Waals surface area contributed by atoms with Crippen molar-refractivity contribution in [2.24, 2.45) is 5.92 Å². The Kier molecular flexibility index (Phi) is 3.18. The van der Waals surface area contributed by atoms with Crippen molar-refractivity contribution >= 4 is 5.91 Å². The number of hydrogen-bond donors (Lipinski definition) is 2. The molecule has 2 aromatic rings. The maximum absolute atomic E-state index is 13.7. The molecule has 114 valence electrons. The average molecular weight is 301 g/mol. The van der Waals surface area contributed by atoms with Crippen molar-refractivity contribution in [2.75, 3.05) is 6.54 Å². The van der Waals surface area contributed by atoms with Crippen LogP contribution in [0, 0.1) is 11.7 Å². The highest BCUT2D eigenvalue weighted by Crippen LogP contribution is 2.31. The van der Waals surface area contributed by atoms with Crippen molar-refractivity contribution in [3.63, 3.8) is 0 Å². The van der Waals surface area contributed by atoms with Gasteiger partial charge < -0.3 is 15.1 Å². The third-order valence-electron chi connectivity index (χ3n) is 4.48. The van der Waals surface area contributed by atoms with Crippen LogP contribution in [-0.2, 0) is 0 Å². The summed E-state index contributed by atoms with van der Waals surface area (Å²) in [4.78, 5) is 16.2. The van der Waals surface area contributed by atoms with Gasteiger partial charge in [0, 0.05) is 12.1 Å². The molecule has 1 saturated carbocycles. The number of nitrogens with zero attached hydrogens (tertiary/aromatic N) is 1. The van der Waals surface area contributed by atoms with Crippen LogP contribution in [0.15, 0.2) is 34.9 Å². The van der Waals surface area contributed by atoms with Crippen molar-refractivity contribution in [1.82, 2.24) is 15.6 Å². The standard InChI is InChI=1S/C16H16FN3O2/c17-11-4-2-1-3-10(11)14-8-19-16(22-14)15(21)20-13-6-9-5-12(13)18-7-9/h1-4,8-9,12-13,18H,5-7H2,(H,20,21). The van der Waals surface area contributed by atoms with Crippen molar-refractivity contribution in [2.45, 2.75) is 24.9 Å². The summed E-state index contributed by atoms with van der Waals surface area (Å²) in [6.45, 7) is 1.04. The number of hydrogen-bond acceptors (Lipinski definition) is 4. The van der Waals surface area contributed by atoms with E-state index in [1.807, 2.05) is 0 Å². The van der Waals surface area contributed by atoms with Crippen LogP contribution in [0.25, 0.3) is 11.3 Å². The molecule has 2 N–H and O–H groups in total. The molecule has 0 radical (unpaired) electrons. The van der Waals surface area contributed by atoms with Crippen LogP contribution in [0.5, 0.6) is 0 Å². The lowest BCUT2D eigenvalue weighted by atomic mass is 10.1. The van der Waals surface area contributed by atoms with Crippen molar-refractivity contribution in [3.8, 4) is 11.3 Å². The Balaban J connectivity index is 1.49. The van der Waals surface area contributed by atoms with E-state index in [9.17, 15) is 9.18 Å². The van der Waals surface area contributed by atoms with E-state index < -0.39 is 5.82 Å². The third kappa shape index (κ3) is 2.29. The van der Waals surface area contributed by atoms with Crippen molar-refractivity contribution in [3.05, 3.63) is 42.2 Å². The molecule has 2 fully saturated rings. The zero-order valence-electron chi connectivity index (χ0n) is 11.9. The molecule has 2 aliphatic rings. The normalized spacial score (nSPS) is 26.3. The highest BCUT2D eigenvalue weighted by molar-refractivity contribution is 5.90. The van der Waals surface area contributed by atoms with Gasteiger partial charge in [0.15, 0.2) is 5.76 Å². The summed E-state index contributed by atoms with van der Waals surface area (Å²) in [5.41, 5.74) is 0.302. The van der Waals surface area contributed by atoms with Crippen LogP contribution >= 0.6 is 0 Å². The van der Waals surface area contributed by atoms with Gasteiger partial charge in [0.2, 0.25) is 0 Å². The van der Waals surface area contributed by atoms with Gasteiger partial charge in [-0.3, -0.25) is 4.79 Å². The molecule has 2 heterocycles. The topological polar surface area (TPSA) is 67.2 Å². The summed E-state index contributed by atoms with van der Waals surface area (Å²) in [5.74, 6) is 0.133. The molecule has 4 rings (SSSR count). The Morgan fingerprint density at radius 2 is 2.23 bits per heavy atom. The quantitative estimate of drug-likeness (QED) is 0.909. The fraction of sp³-hybridized carbons (Fsp3) is 0.375. The number of rotatable bonds is 3. The maximum Gasteiger partial charge on any atom is 0.307 e. The largest absolute Gasteiger partial charge is 0.432 e. The van der Waals surface area contributed by atoms with Gasteiger partial charge in [0.1, 0.15) is 5.82 Å². The molecule has 1 aromatic heterocycles. The zero-order valence-corrected chi connectivity index (χ0v) is 11.9. The Hall–Kier alpha value is -2.21. The lowest BCUT2D eigenvalue weighted by Gasteiger charge is -2.23. The first kappa shape index (κ1) is 13.5. The molecule has 6 heteroatoms. The average Bonchev–Trinajstić information content (AvgIpc) is 3.24. The SMILES string of the molecule is O=C(NC1CC2CNC1C2)c1ncc(-c2ccccc2F)o1. The minimum atomic E-state index is -0.400. The van der Waals surface area contributed by atoms with Crippen LogP contribution in [0.2, 0.25) is 0 Å². The number of piperidine rings is 1. The second kappa shape index (κ2) is 5.21. The fourth-order valence-electron chi connectivity index (χ4n) is 3.41. The summed E-state index contributed by atoms with van der Waals surface area (Å²) < 4.78 is 19.1. The van der Waals surface area contributed by atoms with E-state index in [4.69, 9.17) is 4.42 Å². The molecule has 1 amide bonds. The number of carbonyl (C=O) groups is 1. The summed E-state index contributed by atoms with van der Waals surface area (Å²) in [6.07, 6.45) is 3.48. The number of halogens is 1. The summed E-state index contributed by atoms with van der Waals surface area (Å²) >= 11 is 0. The Morgan fingerprint density at radius 1 is 1.36 bits per heavy atom. The van der Waals surface area contributed by atoms with Gasteiger partial charge in [0.05, 0.1) is 11.8 Å². The molecule has 3 atom stereocenters. The Bertz CT molecular complexity index is 715. The first-order valence-corrected chi connectivity index (χ1v) is 7.45. The monoisotopic (exact) mass is 301 g/mol. The van der Waals surface area contributed by atoms with Crippen LogP contribution in [-0.4, -0.2) is 29.5 Å². The predicted octanol–water partition coefficient (Wildman–Crippen LogP) is 1.96. The molecular formula is C16H16FN3O2. The van der Waals surface area contributed by atoms with E-state index >= 15 is 0 Å². The molecule has 2 bridgehead atoms. The molecule has 1 aliphatic carbocycles. The second-order valence-corrected chi connectivity index (χ2v) is 5.94. The smallest absolute Gasteiger partial charge is 0.307 e. The number of nitrogens with one attached hydrogen (secondary N) is 2. The van der Waals surface area contributed by atoms with Gasteiger partial charge in [-0.05, 0) is 37.4 Å². The summed E-state index contributed by atoms with van der Waals surface area (Å²) in [7, 11) is 0. The molecule has 22 heavy (non-hydrogen) atoms. The van der Waals surface area contributed by atoms with Crippen LogP contribution < -0.4 is 10.6 Å². The highest BCUT2D eigenvalue weighted by atomic mass is 19.1. The molecule has 0 spiro atoms. The lowest BCUT2D eigenvalue weighted by molar-refractivity contribution is 0.0894. The molecular weight excluding hydrogens is 285 g/mol. The minimum Gasteiger partial charge on any atom is -0.432 e. The van der Waals surface area contributed by atoms with E-state index in [-0.39, 0.29) is 23.6 Å². The first-order chi connectivity index (χ1) is 10.7. The van der Waals surface area contributed by atoms with Gasteiger partial charge in [-0.15, -0.1) is 0 Å². The van der Waals surface area contributed by atoms with Crippen molar-refractivity contribution < 1.29 is 13.6 Å². The maximum atomic E-state index is 13.7. The highest BCUT2D eigenvalue weighted by Gasteiger charge is 2.40. The third-order valence-corrected chi connectivity index (χ3v) is 4.48. The van der Waals surface area contributed by atoms with Crippen molar-refractivity contribution in [1.29, 1.82) is 0 Å². The first-order valence-electron chi connectivity index (χ1n) is 7.45. The Labute approximate surface area is 126 Å². The van der Waals surface area contributed by atoms with Gasteiger partial charge in [0.25, 0.3) is 5.89 Å². The van der Waals surface area contributed by atoms with E-state index in [1.54, 1.807) is 18.2 Å². The second-order valence-electron chi connectivity index (χ2n) is 5.94. The predicted molar refractivity (Wildman–Crippen MR) is 77.7 cm³/mol. The van der Waals surface area contributed by atoms with Crippen LogP contribution in [0.3, 0.4) is 0 Å². The molecule has 3 unspecified atom stereocenters. The van der Waals surface area contributed by atoms with Crippen LogP contribution in [0.1, 0.15) is 23.5 Å². The minimum absolute atomic E-state index is 0.0268. The summed E-state index contributed by atoms with van der Waals surface area (Å²) in [5, 5.41) is 6.34. The van der Waals surface area contributed by atoms with E-state index in [0.29, 0.717) is 17.5 Å². The van der Waals surface area contributed by atoms with Gasteiger partial charge in [-0.1, -0.05) is 12.1 Å². The van der Waals surface area contributed by atoms with E-state index in [1.165, 1.54) is 12.3 Å². The molecule has 1 aromatic carbocycles. The van der Waals surface area contributed by atoms with E-state index in [0.717, 1.165) is 19.4 Å². The molecule has 1 aliphatic heterocycles. The van der Waals surface area contributed by atoms with Gasteiger partial charge in [-0.25, -0.2) is 9.37 Å². The number of amides is 1. The van der Waals surface area contributed by atoms with Crippen LogP contribution in [0.4, 0.5) is 4.39 Å². The number of carbonyl (C=O) groups excluding carboxylic acids is 1. The van der Waals surface area contributed by atoms with Gasteiger partial charge in [-0.2, -0.15) is 0 Å². The number of fused-ring (bicyclic) bond motifs is 2. The van der Waals surface area contributed by atoms with Gasteiger partial charge >= 0.3 is 5.91 Å². The fourth-order valence-corrected chi connectivity index (χ4v) is 3.41. The lowest BCUT2D eigenvalue weighted by Crippen LogP contribution is -2.48. The zero-order chi connectivity index (χ0) is 15.1. The number of benzene rings is 1. The summed E-state index contributed by atoms with van der Waals surface area (Å²) in [6, 6.07) is 6.72. The van der Waals surface area contributed by atoms with E-state index in [2.05, 4.69) is 15.6 Å². The molecule has 5 nitrogen and oxygen atoms in total.